The van der Waals surface area contributed by atoms with Crippen molar-refractivity contribution in [1.82, 2.24) is 0 Å². The zero-order chi connectivity index (χ0) is 19.8. The quantitative estimate of drug-likeness (QED) is 0.683. The van der Waals surface area contributed by atoms with Crippen LogP contribution < -0.4 is 10.1 Å². The maximum absolute atomic E-state index is 12.1. The number of alkyl halides is 2. The van der Waals surface area contributed by atoms with E-state index in [9.17, 15) is 18.4 Å². The summed E-state index contributed by atoms with van der Waals surface area (Å²) in [6.45, 7) is 0.725. The summed E-state index contributed by atoms with van der Waals surface area (Å²) in [7, 11) is 0. The van der Waals surface area contributed by atoms with Crippen molar-refractivity contribution >= 4 is 17.6 Å². The summed E-state index contributed by atoms with van der Waals surface area (Å²) in [4.78, 5) is 24.1. The van der Waals surface area contributed by atoms with Crippen molar-refractivity contribution in [1.29, 1.82) is 0 Å². The minimum Gasteiger partial charge on any atom is -0.452 e. The molecule has 144 valence electrons. The molecule has 0 aromatic heterocycles. The molecule has 1 amide bonds. The molecule has 0 unspecified atom stereocenters. The van der Waals surface area contributed by atoms with E-state index in [-0.39, 0.29) is 17.2 Å². The first-order valence-corrected chi connectivity index (χ1v) is 8.51. The van der Waals surface area contributed by atoms with E-state index in [2.05, 4.69) is 23.9 Å². The van der Waals surface area contributed by atoms with Gasteiger partial charge in [0.15, 0.2) is 6.61 Å². The highest BCUT2D eigenvalue weighted by atomic mass is 19.3. The standard InChI is InChI=1S/C20H21F2NO4/c1-3-13(2)16-6-4-5-7-17(16)23-18(24)12-26-19(25)14-8-10-15(11-9-14)27-20(21)22/h4-11,13,20H,3,12H2,1-2H3,(H,23,24)/t13-/m1/s1. The van der Waals surface area contributed by atoms with E-state index in [0.717, 1.165) is 12.0 Å². The van der Waals surface area contributed by atoms with Crippen molar-refractivity contribution < 1.29 is 27.8 Å². The molecule has 0 fully saturated rings. The topological polar surface area (TPSA) is 64.6 Å². The van der Waals surface area contributed by atoms with Crippen LogP contribution in [0.15, 0.2) is 48.5 Å². The number of benzene rings is 2. The zero-order valence-corrected chi connectivity index (χ0v) is 15.1. The van der Waals surface area contributed by atoms with E-state index >= 15 is 0 Å². The third-order valence-corrected chi connectivity index (χ3v) is 4.03. The molecule has 0 spiro atoms. The number of carbonyl (C=O) groups is 2. The lowest BCUT2D eigenvalue weighted by Crippen LogP contribution is -2.21. The van der Waals surface area contributed by atoms with Crippen LogP contribution in [0.4, 0.5) is 14.5 Å². The van der Waals surface area contributed by atoms with Crippen molar-refractivity contribution in [3.8, 4) is 5.75 Å². The van der Waals surface area contributed by atoms with Crippen LogP contribution in [0, 0.1) is 0 Å². The Balaban J connectivity index is 1.91. The first kappa shape index (κ1) is 20.4. The number of hydrogen-bond donors (Lipinski definition) is 1. The lowest BCUT2D eigenvalue weighted by atomic mass is 9.97. The largest absolute Gasteiger partial charge is 0.452 e. The average molecular weight is 377 g/mol. The fourth-order valence-electron chi connectivity index (χ4n) is 2.43. The third-order valence-electron chi connectivity index (χ3n) is 4.03. The van der Waals surface area contributed by atoms with Crippen molar-refractivity contribution in [2.24, 2.45) is 0 Å². The molecular weight excluding hydrogens is 356 g/mol. The van der Waals surface area contributed by atoms with Gasteiger partial charge in [-0.3, -0.25) is 4.79 Å². The van der Waals surface area contributed by atoms with Crippen LogP contribution in [-0.4, -0.2) is 25.1 Å². The predicted molar refractivity (Wildman–Crippen MR) is 97.1 cm³/mol. The second-order valence-corrected chi connectivity index (χ2v) is 5.92. The minimum absolute atomic E-state index is 0.0686. The number of anilines is 1. The SMILES string of the molecule is CC[C@@H](C)c1ccccc1NC(=O)COC(=O)c1ccc(OC(F)F)cc1. The molecule has 0 aliphatic carbocycles. The molecule has 0 saturated heterocycles. The Labute approximate surface area is 156 Å². The molecule has 0 saturated carbocycles. The molecule has 7 heteroatoms. The smallest absolute Gasteiger partial charge is 0.387 e. The number of halogens is 2. The summed E-state index contributed by atoms with van der Waals surface area (Å²) < 4.78 is 33.4. The predicted octanol–water partition coefficient (Wildman–Crippen LogP) is 4.60. The lowest BCUT2D eigenvalue weighted by molar-refractivity contribution is -0.119. The van der Waals surface area contributed by atoms with Crippen molar-refractivity contribution in [2.45, 2.75) is 32.8 Å². The monoisotopic (exact) mass is 377 g/mol. The normalized spacial score (nSPS) is 11.7. The van der Waals surface area contributed by atoms with Crippen LogP contribution in [0.2, 0.25) is 0 Å². The van der Waals surface area contributed by atoms with E-state index in [0.29, 0.717) is 5.69 Å². The van der Waals surface area contributed by atoms with E-state index in [1.165, 1.54) is 24.3 Å². The Morgan fingerprint density at radius 1 is 1.07 bits per heavy atom. The average Bonchev–Trinajstić information content (AvgIpc) is 2.66. The Morgan fingerprint density at radius 3 is 2.37 bits per heavy atom. The molecular formula is C20H21F2NO4. The Hall–Kier alpha value is -2.96. The van der Waals surface area contributed by atoms with Crippen LogP contribution in [-0.2, 0) is 9.53 Å². The fourth-order valence-corrected chi connectivity index (χ4v) is 2.43. The van der Waals surface area contributed by atoms with Gasteiger partial charge in [0.2, 0.25) is 0 Å². The first-order chi connectivity index (χ1) is 12.9. The van der Waals surface area contributed by atoms with Gasteiger partial charge in [-0.25, -0.2) is 4.79 Å². The second kappa shape index (κ2) is 9.66. The van der Waals surface area contributed by atoms with E-state index < -0.39 is 25.1 Å². The van der Waals surface area contributed by atoms with Gasteiger partial charge < -0.3 is 14.8 Å². The number of nitrogens with one attached hydrogen (secondary N) is 1. The van der Waals surface area contributed by atoms with Crippen LogP contribution in [0.5, 0.6) is 5.75 Å². The number of ether oxygens (including phenoxy) is 2. The number of esters is 1. The number of para-hydroxylation sites is 1. The van der Waals surface area contributed by atoms with Crippen molar-refractivity contribution in [2.75, 3.05) is 11.9 Å². The van der Waals surface area contributed by atoms with Gasteiger partial charge in [0, 0.05) is 5.69 Å². The molecule has 0 bridgehead atoms. The Morgan fingerprint density at radius 2 is 1.74 bits per heavy atom. The molecule has 2 aromatic carbocycles. The highest BCUT2D eigenvalue weighted by Crippen LogP contribution is 2.26. The van der Waals surface area contributed by atoms with Crippen LogP contribution in [0.3, 0.4) is 0 Å². The Bertz CT molecular complexity index is 778. The maximum Gasteiger partial charge on any atom is 0.387 e. The summed E-state index contributed by atoms with van der Waals surface area (Å²) in [6.07, 6.45) is 0.924. The fraction of sp³-hybridized carbons (Fsp3) is 0.300. The minimum atomic E-state index is -2.94. The molecule has 5 nitrogen and oxygen atoms in total. The molecule has 0 aliphatic rings. The van der Waals surface area contributed by atoms with Crippen LogP contribution >= 0.6 is 0 Å². The summed E-state index contributed by atoms with van der Waals surface area (Å²) >= 11 is 0. The van der Waals surface area contributed by atoms with E-state index in [1.807, 2.05) is 18.2 Å². The summed E-state index contributed by atoms with van der Waals surface area (Å²) in [5, 5.41) is 2.74. The van der Waals surface area contributed by atoms with E-state index in [1.54, 1.807) is 6.07 Å². The van der Waals surface area contributed by atoms with Gasteiger partial charge in [0.25, 0.3) is 5.91 Å². The van der Waals surface area contributed by atoms with Gasteiger partial charge >= 0.3 is 12.6 Å². The van der Waals surface area contributed by atoms with Gasteiger partial charge in [-0.05, 0) is 48.2 Å². The molecule has 1 atom stereocenters. The molecule has 2 rings (SSSR count). The van der Waals surface area contributed by atoms with Crippen LogP contribution in [0.1, 0.15) is 42.1 Å². The van der Waals surface area contributed by atoms with Crippen molar-refractivity contribution in [3.63, 3.8) is 0 Å². The molecule has 27 heavy (non-hydrogen) atoms. The van der Waals surface area contributed by atoms with Gasteiger partial charge in [-0.15, -0.1) is 0 Å². The molecule has 1 N–H and O–H groups in total. The van der Waals surface area contributed by atoms with Crippen molar-refractivity contribution in [3.05, 3.63) is 59.7 Å². The third kappa shape index (κ3) is 6.06. The number of amides is 1. The Kier molecular flexibility index (Phi) is 7.28. The number of carbonyl (C=O) groups excluding carboxylic acids is 2. The summed E-state index contributed by atoms with van der Waals surface area (Å²) in [6, 6.07) is 12.5. The summed E-state index contributed by atoms with van der Waals surface area (Å²) in [5.41, 5.74) is 1.82. The highest BCUT2D eigenvalue weighted by Gasteiger charge is 2.14. The van der Waals surface area contributed by atoms with Gasteiger partial charge in [-0.1, -0.05) is 32.0 Å². The van der Waals surface area contributed by atoms with Crippen LogP contribution in [0.25, 0.3) is 0 Å². The zero-order valence-electron chi connectivity index (χ0n) is 15.1. The lowest BCUT2D eigenvalue weighted by Gasteiger charge is -2.15. The maximum atomic E-state index is 12.1. The van der Waals surface area contributed by atoms with E-state index in [4.69, 9.17) is 4.74 Å². The molecule has 0 heterocycles. The number of rotatable bonds is 8. The van der Waals surface area contributed by atoms with Gasteiger partial charge in [-0.2, -0.15) is 8.78 Å². The first-order valence-electron chi connectivity index (χ1n) is 8.51. The molecule has 0 aliphatic heterocycles. The van der Waals surface area contributed by atoms with Gasteiger partial charge in [0.1, 0.15) is 5.75 Å². The number of hydrogen-bond acceptors (Lipinski definition) is 4. The second-order valence-electron chi connectivity index (χ2n) is 5.92. The van der Waals surface area contributed by atoms with Gasteiger partial charge in [0.05, 0.1) is 5.56 Å². The summed E-state index contributed by atoms with van der Waals surface area (Å²) in [5.74, 6) is -0.986. The molecule has 0 radical (unpaired) electrons. The molecule has 2 aromatic rings. The highest BCUT2D eigenvalue weighted by molar-refractivity contribution is 5.96.